The summed E-state index contributed by atoms with van der Waals surface area (Å²) in [6.45, 7) is 5.18. The molecule has 1 fully saturated rings. The zero-order chi connectivity index (χ0) is 19.9. The lowest BCUT2D eigenvalue weighted by Crippen LogP contribution is -2.46. The molecule has 28 heavy (non-hydrogen) atoms. The molecule has 1 saturated heterocycles. The maximum absolute atomic E-state index is 13.1. The first kappa shape index (κ1) is 18.6. The van der Waals surface area contributed by atoms with E-state index < -0.39 is 20.8 Å². The Labute approximate surface area is 164 Å². The minimum atomic E-state index is -4.04. The molecule has 0 atom stereocenters. The standard InChI is InChI=1S/C20H22N4O3S/c1-14-5-7-16(8-6-14)24-18-17(4-3-11-21-18)28(26,27)19(22-24)20(25)23-12-9-15(2)10-13-23/h3-8,11,15H,9-10,12-13H2,1-2H3. The van der Waals surface area contributed by atoms with Gasteiger partial charge in [0.1, 0.15) is 4.90 Å². The van der Waals surface area contributed by atoms with Gasteiger partial charge in [0.2, 0.25) is 14.9 Å². The largest absolute Gasteiger partial charge is 0.337 e. The average Bonchev–Trinajstić information content (AvgIpc) is 2.69. The Bertz CT molecular complexity index is 1040. The van der Waals surface area contributed by atoms with Gasteiger partial charge in [-0.3, -0.25) is 4.79 Å². The summed E-state index contributed by atoms with van der Waals surface area (Å²) in [5.74, 6) is 0.191. The summed E-state index contributed by atoms with van der Waals surface area (Å²) in [6.07, 6.45) is 3.24. The lowest BCUT2D eigenvalue weighted by molar-refractivity contribution is -0.125. The van der Waals surface area contributed by atoms with Crippen LogP contribution in [0.5, 0.6) is 0 Å². The number of likely N-dealkylation sites (tertiary alicyclic amines) is 1. The monoisotopic (exact) mass is 398 g/mol. The van der Waals surface area contributed by atoms with Crippen LogP contribution in [0.4, 0.5) is 11.5 Å². The molecular formula is C20H22N4O3S. The van der Waals surface area contributed by atoms with Crippen LogP contribution in [0.1, 0.15) is 25.3 Å². The van der Waals surface area contributed by atoms with Gasteiger partial charge in [-0.05, 0) is 49.9 Å². The molecule has 0 radical (unpaired) electrons. The average molecular weight is 398 g/mol. The van der Waals surface area contributed by atoms with E-state index in [1.54, 1.807) is 11.0 Å². The van der Waals surface area contributed by atoms with E-state index in [4.69, 9.17) is 0 Å². The van der Waals surface area contributed by atoms with E-state index in [9.17, 15) is 13.2 Å². The van der Waals surface area contributed by atoms with E-state index >= 15 is 0 Å². The second-order valence-corrected chi connectivity index (χ2v) is 9.19. The third-order valence-electron chi connectivity index (χ3n) is 5.22. The number of carbonyl (C=O) groups is 1. The van der Waals surface area contributed by atoms with Gasteiger partial charge in [0.15, 0.2) is 5.82 Å². The number of amides is 1. The van der Waals surface area contributed by atoms with Crippen molar-refractivity contribution in [2.24, 2.45) is 11.0 Å². The van der Waals surface area contributed by atoms with Crippen molar-refractivity contribution in [2.75, 3.05) is 18.1 Å². The van der Waals surface area contributed by atoms with E-state index in [0.717, 1.165) is 18.4 Å². The molecule has 146 valence electrons. The van der Waals surface area contributed by atoms with Crippen LogP contribution in [0, 0.1) is 12.8 Å². The van der Waals surface area contributed by atoms with Gasteiger partial charge in [-0.1, -0.05) is 24.6 Å². The van der Waals surface area contributed by atoms with E-state index in [1.807, 2.05) is 31.2 Å². The van der Waals surface area contributed by atoms with E-state index in [0.29, 0.717) is 24.7 Å². The molecule has 7 nitrogen and oxygen atoms in total. The van der Waals surface area contributed by atoms with Crippen LogP contribution in [0.25, 0.3) is 0 Å². The lowest BCUT2D eigenvalue weighted by atomic mass is 9.99. The predicted molar refractivity (Wildman–Crippen MR) is 107 cm³/mol. The summed E-state index contributed by atoms with van der Waals surface area (Å²) in [4.78, 5) is 18.9. The van der Waals surface area contributed by atoms with Crippen LogP contribution in [-0.4, -0.2) is 42.3 Å². The molecule has 0 spiro atoms. The zero-order valence-corrected chi connectivity index (χ0v) is 16.7. The third-order valence-corrected chi connectivity index (χ3v) is 6.88. The Kier molecular flexibility index (Phi) is 4.66. The summed E-state index contributed by atoms with van der Waals surface area (Å²) >= 11 is 0. The summed E-state index contributed by atoms with van der Waals surface area (Å²) in [5.41, 5.74) is 1.72. The molecule has 1 amide bonds. The fourth-order valence-corrected chi connectivity index (χ4v) is 4.81. The van der Waals surface area contributed by atoms with Crippen molar-refractivity contribution >= 4 is 32.3 Å². The molecule has 0 bridgehead atoms. The quantitative estimate of drug-likeness (QED) is 0.777. The SMILES string of the molecule is Cc1ccc(N2N=C(C(=O)N3CCC(C)CC3)S(=O)(=O)c3cccnc32)cc1. The molecule has 2 aliphatic rings. The normalized spacial score (nSPS) is 19.1. The Morgan fingerprint density at radius 3 is 2.46 bits per heavy atom. The summed E-state index contributed by atoms with van der Waals surface area (Å²) in [6, 6.07) is 10.5. The number of fused-ring (bicyclic) bond motifs is 1. The number of pyridine rings is 1. The highest BCUT2D eigenvalue weighted by Gasteiger charge is 2.40. The summed E-state index contributed by atoms with van der Waals surface area (Å²) in [5, 5.41) is 5.28. The number of rotatable bonds is 2. The minimum absolute atomic E-state index is 0.000646. The van der Waals surface area contributed by atoms with Gasteiger partial charge in [-0.25, -0.2) is 18.4 Å². The molecule has 1 aromatic carbocycles. The number of aryl methyl sites for hydroxylation is 1. The minimum Gasteiger partial charge on any atom is -0.337 e. The number of nitrogens with zero attached hydrogens (tertiary/aromatic N) is 4. The highest BCUT2D eigenvalue weighted by atomic mass is 32.2. The number of hydrogen-bond donors (Lipinski definition) is 0. The second-order valence-electron chi connectivity index (χ2n) is 7.36. The molecule has 0 N–H and O–H groups in total. The molecule has 1 aromatic heterocycles. The number of hydrazone groups is 1. The van der Waals surface area contributed by atoms with Crippen molar-refractivity contribution in [3.8, 4) is 0 Å². The second kappa shape index (κ2) is 7.01. The van der Waals surface area contributed by atoms with Crippen LogP contribution in [0.3, 0.4) is 0 Å². The van der Waals surface area contributed by atoms with Crippen LogP contribution in [0.15, 0.2) is 52.6 Å². The van der Waals surface area contributed by atoms with E-state index in [-0.39, 0.29) is 10.7 Å². The fourth-order valence-electron chi connectivity index (χ4n) is 3.42. The van der Waals surface area contributed by atoms with E-state index in [2.05, 4.69) is 17.0 Å². The summed E-state index contributed by atoms with van der Waals surface area (Å²) < 4.78 is 26.3. The van der Waals surface area contributed by atoms with Crippen molar-refractivity contribution < 1.29 is 13.2 Å². The van der Waals surface area contributed by atoms with Crippen molar-refractivity contribution in [3.05, 3.63) is 48.2 Å². The maximum Gasteiger partial charge on any atom is 0.286 e. The van der Waals surface area contributed by atoms with Crippen molar-refractivity contribution in [1.29, 1.82) is 0 Å². The molecule has 2 aliphatic heterocycles. The number of sulfone groups is 1. The van der Waals surface area contributed by atoms with Crippen molar-refractivity contribution in [2.45, 2.75) is 31.6 Å². The van der Waals surface area contributed by atoms with Gasteiger partial charge in [-0.2, -0.15) is 0 Å². The highest BCUT2D eigenvalue weighted by molar-refractivity contribution is 8.08. The van der Waals surface area contributed by atoms with Gasteiger partial charge >= 0.3 is 0 Å². The first-order chi connectivity index (χ1) is 13.4. The molecule has 8 heteroatoms. The highest BCUT2D eigenvalue weighted by Crippen LogP contribution is 2.35. The van der Waals surface area contributed by atoms with Crippen LogP contribution in [-0.2, 0) is 14.6 Å². The molecule has 0 unspecified atom stereocenters. The fraction of sp³-hybridized carbons (Fsp3) is 0.350. The van der Waals surface area contributed by atoms with Gasteiger partial charge in [-0.15, -0.1) is 5.10 Å². The first-order valence-electron chi connectivity index (χ1n) is 9.32. The van der Waals surface area contributed by atoms with Crippen LogP contribution < -0.4 is 5.01 Å². The van der Waals surface area contributed by atoms with Crippen molar-refractivity contribution in [3.63, 3.8) is 0 Å². The Hall–Kier alpha value is -2.74. The van der Waals surface area contributed by atoms with Gasteiger partial charge in [0.05, 0.1) is 5.69 Å². The number of carbonyl (C=O) groups excluding carboxylic acids is 1. The van der Waals surface area contributed by atoms with Crippen molar-refractivity contribution in [1.82, 2.24) is 9.88 Å². The topological polar surface area (TPSA) is 82.9 Å². The maximum atomic E-state index is 13.1. The molecule has 0 aliphatic carbocycles. The van der Waals surface area contributed by atoms with Gasteiger partial charge in [0.25, 0.3) is 5.91 Å². The third kappa shape index (κ3) is 3.17. The lowest BCUT2D eigenvalue weighted by Gasteiger charge is -2.32. The molecule has 0 saturated carbocycles. The number of anilines is 2. The van der Waals surface area contributed by atoms with E-state index in [1.165, 1.54) is 17.3 Å². The summed E-state index contributed by atoms with van der Waals surface area (Å²) in [7, 11) is -4.04. The van der Waals surface area contributed by atoms with Gasteiger partial charge in [0, 0.05) is 19.3 Å². The Morgan fingerprint density at radius 2 is 1.79 bits per heavy atom. The Balaban J connectivity index is 1.80. The number of benzene rings is 1. The molecule has 4 rings (SSSR count). The first-order valence-corrected chi connectivity index (χ1v) is 10.8. The number of hydrogen-bond acceptors (Lipinski definition) is 6. The number of aromatic nitrogens is 1. The molecular weight excluding hydrogens is 376 g/mol. The van der Waals surface area contributed by atoms with Gasteiger partial charge < -0.3 is 4.90 Å². The molecule has 2 aromatic rings. The Morgan fingerprint density at radius 1 is 1.11 bits per heavy atom. The number of piperidine rings is 1. The smallest absolute Gasteiger partial charge is 0.286 e. The zero-order valence-electron chi connectivity index (χ0n) is 15.9. The van der Waals surface area contributed by atoms with Crippen LogP contribution >= 0.6 is 0 Å². The van der Waals surface area contributed by atoms with Crippen LogP contribution in [0.2, 0.25) is 0 Å². The predicted octanol–water partition coefficient (Wildman–Crippen LogP) is 2.89. The molecule has 3 heterocycles.